The summed E-state index contributed by atoms with van der Waals surface area (Å²) in [5.74, 6) is 0. The first-order valence-electron chi connectivity index (χ1n) is 5.47. The van der Waals surface area contributed by atoms with E-state index in [1.807, 2.05) is 0 Å². The Labute approximate surface area is 103 Å². The first-order chi connectivity index (χ1) is 8.52. The Morgan fingerprint density at radius 2 is 2.17 bits per heavy atom. The Bertz CT molecular complexity index is 313. The molecule has 2 aliphatic rings. The van der Waals surface area contributed by atoms with E-state index in [1.165, 1.54) is 7.11 Å². The van der Waals surface area contributed by atoms with Crippen molar-refractivity contribution in [2.75, 3.05) is 13.7 Å². The number of aliphatic hydroxyl groups is 1. The van der Waals surface area contributed by atoms with Gasteiger partial charge in [-0.25, -0.2) is 0 Å². The van der Waals surface area contributed by atoms with Crippen molar-refractivity contribution in [3.8, 4) is 0 Å². The van der Waals surface area contributed by atoms with Crippen molar-refractivity contribution in [2.45, 2.75) is 43.9 Å². The number of hydrogen-bond acceptors (Lipinski definition) is 8. The zero-order chi connectivity index (χ0) is 13.3. The summed E-state index contributed by atoms with van der Waals surface area (Å²) in [6.45, 7) is 1.84. The average molecular weight is 265 g/mol. The molecule has 0 saturated carbocycles. The minimum atomic E-state index is -1.31. The van der Waals surface area contributed by atoms with Crippen molar-refractivity contribution in [3.05, 3.63) is 10.1 Å². The Morgan fingerprint density at radius 3 is 2.78 bits per heavy atom. The van der Waals surface area contributed by atoms with Crippen LogP contribution >= 0.6 is 0 Å². The van der Waals surface area contributed by atoms with Gasteiger partial charge in [0.1, 0.15) is 18.3 Å². The van der Waals surface area contributed by atoms with Crippen LogP contribution < -0.4 is 0 Å². The van der Waals surface area contributed by atoms with Crippen LogP contribution in [0.2, 0.25) is 0 Å². The van der Waals surface area contributed by atoms with Gasteiger partial charge in [-0.1, -0.05) is 0 Å². The minimum absolute atomic E-state index is 0.190. The quantitative estimate of drug-likeness (QED) is 0.514. The molecule has 2 fully saturated rings. The van der Waals surface area contributed by atoms with Gasteiger partial charge in [-0.15, -0.1) is 10.1 Å². The van der Waals surface area contributed by atoms with Gasteiger partial charge in [0.2, 0.25) is 0 Å². The largest absolute Gasteiger partial charge is 0.385 e. The summed E-state index contributed by atoms with van der Waals surface area (Å²) in [6, 6.07) is 0. The van der Waals surface area contributed by atoms with Crippen molar-refractivity contribution < 1.29 is 34.0 Å². The Balaban J connectivity index is 2.16. The summed E-state index contributed by atoms with van der Waals surface area (Å²) in [6.07, 6.45) is -5.40. The molecule has 6 atom stereocenters. The molecule has 0 amide bonds. The molecular formula is C9H15NO8. The monoisotopic (exact) mass is 265 g/mol. The molecule has 0 aliphatic carbocycles. The van der Waals surface area contributed by atoms with E-state index in [-0.39, 0.29) is 6.61 Å². The molecule has 0 aromatic rings. The van der Waals surface area contributed by atoms with Crippen molar-refractivity contribution in [2.24, 2.45) is 0 Å². The van der Waals surface area contributed by atoms with Gasteiger partial charge >= 0.3 is 0 Å². The first kappa shape index (κ1) is 13.4. The lowest BCUT2D eigenvalue weighted by atomic mass is 9.98. The molecule has 2 saturated heterocycles. The van der Waals surface area contributed by atoms with E-state index in [0.717, 1.165) is 0 Å². The molecule has 0 bridgehead atoms. The smallest absolute Gasteiger partial charge is 0.294 e. The fourth-order valence-electron chi connectivity index (χ4n) is 2.10. The van der Waals surface area contributed by atoms with Crippen LogP contribution in [0.25, 0.3) is 0 Å². The van der Waals surface area contributed by atoms with Crippen molar-refractivity contribution >= 4 is 0 Å². The van der Waals surface area contributed by atoms with Gasteiger partial charge in [0.25, 0.3) is 5.09 Å². The molecule has 0 aromatic carbocycles. The van der Waals surface area contributed by atoms with E-state index in [2.05, 4.69) is 4.84 Å². The van der Waals surface area contributed by atoms with Crippen molar-refractivity contribution in [3.63, 3.8) is 0 Å². The predicted octanol–water partition coefficient (Wildman–Crippen LogP) is -0.943. The molecule has 2 heterocycles. The maximum atomic E-state index is 10.5. The topological polar surface area (TPSA) is 110 Å². The second-order valence-corrected chi connectivity index (χ2v) is 4.06. The summed E-state index contributed by atoms with van der Waals surface area (Å²) in [5.41, 5.74) is 0. The molecular weight excluding hydrogens is 250 g/mol. The summed E-state index contributed by atoms with van der Waals surface area (Å²) in [7, 11) is 1.32. The SMILES string of the molecule is CO[C@H]1O[C@@H]2CO[C@H](C)O[C@H]2[C@H](O[N+](=O)[O-])[C@H]1O. The fraction of sp³-hybridized carbons (Fsp3) is 1.00. The molecule has 1 N–H and O–H groups in total. The average Bonchev–Trinajstić information content (AvgIpc) is 2.32. The van der Waals surface area contributed by atoms with Gasteiger partial charge in [0, 0.05) is 7.11 Å². The highest BCUT2D eigenvalue weighted by Gasteiger charge is 2.50. The Kier molecular flexibility index (Phi) is 3.97. The standard InChI is InChI=1S/C9H15NO8/c1-4-15-3-5-7(16-4)8(18-10(12)13)6(11)9(14-2)17-5/h4-9,11H,3H2,1-2H3/t4-,5+,6+,7+,8+,9-/m0/s1. The number of hydrogen-bond donors (Lipinski definition) is 1. The highest BCUT2D eigenvalue weighted by molar-refractivity contribution is 4.92. The lowest BCUT2D eigenvalue weighted by molar-refractivity contribution is -0.775. The minimum Gasteiger partial charge on any atom is -0.385 e. The van der Waals surface area contributed by atoms with E-state index in [0.29, 0.717) is 0 Å². The van der Waals surface area contributed by atoms with Crippen LogP contribution in [-0.4, -0.2) is 60.9 Å². The molecule has 0 aromatic heterocycles. The molecule has 0 unspecified atom stereocenters. The van der Waals surface area contributed by atoms with Crippen LogP contribution in [0.1, 0.15) is 6.92 Å². The van der Waals surface area contributed by atoms with Crippen molar-refractivity contribution in [1.82, 2.24) is 0 Å². The van der Waals surface area contributed by atoms with E-state index < -0.39 is 42.1 Å². The van der Waals surface area contributed by atoms with E-state index >= 15 is 0 Å². The van der Waals surface area contributed by atoms with Crippen LogP contribution in [0.4, 0.5) is 0 Å². The van der Waals surface area contributed by atoms with Crippen molar-refractivity contribution in [1.29, 1.82) is 0 Å². The van der Waals surface area contributed by atoms with E-state index in [9.17, 15) is 15.2 Å². The number of methoxy groups -OCH3 is 1. The van der Waals surface area contributed by atoms with Gasteiger partial charge in [-0.2, -0.15) is 0 Å². The third kappa shape index (κ3) is 2.54. The molecule has 9 nitrogen and oxygen atoms in total. The number of ether oxygens (including phenoxy) is 4. The lowest BCUT2D eigenvalue weighted by Gasteiger charge is -2.45. The van der Waals surface area contributed by atoms with E-state index in [4.69, 9.17) is 18.9 Å². The van der Waals surface area contributed by atoms with Gasteiger partial charge in [-0.05, 0) is 6.92 Å². The van der Waals surface area contributed by atoms with Crippen LogP contribution in [0, 0.1) is 10.1 Å². The highest BCUT2D eigenvalue weighted by Crippen LogP contribution is 2.30. The fourth-order valence-corrected chi connectivity index (χ4v) is 2.10. The summed E-state index contributed by atoms with van der Waals surface area (Å²) < 4.78 is 20.9. The normalized spacial score (nSPS) is 44.2. The molecule has 18 heavy (non-hydrogen) atoms. The van der Waals surface area contributed by atoms with Crippen LogP contribution in [0.3, 0.4) is 0 Å². The number of aliphatic hydroxyl groups excluding tert-OH is 1. The maximum absolute atomic E-state index is 10.5. The Morgan fingerprint density at radius 1 is 1.44 bits per heavy atom. The highest BCUT2D eigenvalue weighted by atomic mass is 17.0. The molecule has 2 rings (SSSR count). The summed E-state index contributed by atoms with van der Waals surface area (Å²) in [4.78, 5) is 15.0. The third-order valence-corrected chi connectivity index (χ3v) is 2.90. The number of nitrogens with zero attached hydrogens (tertiary/aromatic N) is 1. The first-order valence-corrected chi connectivity index (χ1v) is 5.47. The van der Waals surface area contributed by atoms with E-state index in [1.54, 1.807) is 6.92 Å². The zero-order valence-electron chi connectivity index (χ0n) is 9.92. The predicted molar refractivity (Wildman–Crippen MR) is 53.8 cm³/mol. The molecule has 2 aliphatic heterocycles. The molecule has 0 spiro atoms. The third-order valence-electron chi connectivity index (χ3n) is 2.90. The summed E-state index contributed by atoms with van der Waals surface area (Å²) >= 11 is 0. The summed E-state index contributed by atoms with van der Waals surface area (Å²) in [5, 5.41) is 19.4. The van der Waals surface area contributed by atoms with Gasteiger partial charge < -0.3 is 28.9 Å². The molecule has 0 radical (unpaired) electrons. The van der Waals surface area contributed by atoms with Gasteiger partial charge in [0.15, 0.2) is 18.7 Å². The maximum Gasteiger partial charge on any atom is 0.294 e. The van der Waals surface area contributed by atoms with Gasteiger partial charge in [0.05, 0.1) is 6.61 Å². The van der Waals surface area contributed by atoms with Crippen LogP contribution in [0.5, 0.6) is 0 Å². The zero-order valence-corrected chi connectivity index (χ0v) is 9.92. The van der Waals surface area contributed by atoms with Crippen LogP contribution in [-0.2, 0) is 23.8 Å². The molecule has 9 heteroatoms. The molecule has 104 valence electrons. The van der Waals surface area contributed by atoms with Crippen LogP contribution in [0.15, 0.2) is 0 Å². The second-order valence-electron chi connectivity index (χ2n) is 4.06. The number of fused-ring (bicyclic) bond motifs is 1. The van der Waals surface area contributed by atoms with Gasteiger partial charge in [-0.3, -0.25) is 0 Å². The number of rotatable bonds is 3. The Hall–Kier alpha value is -1.00. The lowest BCUT2D eigenvalue weighted by Crippen LogP contribution is -2.63. The second kappa shape index (κ2) is 5.33.